The van der Waals surface area contributed by atoms with Gasteiger partial charge in [0.25, 0.3) is 0 Å². The summed E-state index contributed by atoms with van der Waals surface area (Å²) in [6.07, 6.45) is 7.76. The number of hydrogen-bond acceptors (Lipinski definition) is 6. The number of anilines is 1. The van der Waals surface area contributed by atoms with E-state index in [2.05, 4.69) is 32.3 Å². The van der Waals surface area contributed by atoms with Crippen LogP contribution in [0.5, 0.6) is 5.75 Å². The highest BCUT2D eigenvalue weighted by molar-refractivity contribution is 5.70. The molecule has 2 N–H and O–H groups in total. The molecule has 0 spiro atoms. The maximum atomic E-state index is 9.87. The molecule has 3 heterocycles. The smallest absolute Gasteiger partial charge is 0.192 e. The number of aromatic hydroxyl groups is 1. The molecule has 4 rings (SSSR count). The van der Waals surface area contributed by atoms with Gasteiger partial charge in [-0.1, -0.05) is 39.3 Å². The highest BCUT2D eigenvalue weighted by Gasteiger charge is 2.13. The van der Waals surface area contributed by atoms with Crippen LogP contribution in [0.4, 0.5) is 5.82 Å². The number of phenolic OH excluding ortho intramolecular Hbond substituents is 1. The molecule has 0 bridgehead atoms. The Morgan fingerprint density at radius 1 is 1.07 bits per heavy atom. The van der Waals surface area contributed by atoms with E-state index < -0.39 is 0 Å². The molecule has 152 valence electrons. The number of rotatable bonds is 3. The van der Waals surface area contributed by atoms with E-state index in [1.807, 2.05) is 19.9 Å². The Balaban J connectivity index is 0.000000236. The Kier molecular flexibility index (Phi) is 8.68. The van der Waals surface area contributed by atoms with E-state index in [9.17, 15) is 5.11 Å². The zero-order valence-electron chi connectivity index (χ0n) is 17.4. The van der Waals surface area contributed by atoms with E-state index in [4.69, 9.17) is 0 Å². The highest BCUT2D eigenvalue weighted by Crippen LogP contribution is 2.28. The predicted octanol–water partition coefficient (Wildman–Crippen LogP) is 4.06. The van der Waals surface area contributed by atoms with Crippen LogP contribution in [0.25, 0.3) is 17.0 Å². The molecule has 7 heteroatoms. The lowest BCUT2D eigenvalue weighted by molar-refractivity contribution is 0.240. The first kappa shape index (κ1) is 21.6. The summed E-state index contributed by atoms with van der Waals surface area (Å²) in [5.74, 6) is 1.32. The summed E-state index contributed by atoms with van der Waals surface area (Å²) in [5, 5.41) is 21.0. The van der Waals surface area contributed by atoms with Crippen molar-refractivity contribution >= 4 is 11.5 Å². The normalized spacial score (nSPS) is 13.9. The number of hydrogen-bond donors (Lipinski definition) is 2. The summed E-state index contributed by atoms with van der Waals surface area (Å²) >= 11 is 0. The Bertz CT molecular complexity index is 842. The van der Waals surface area contributed by atoms with E-state index >= 15 is 0 Å². The molecule has 0 aliphatic carbocycles. The minimum atomic E-state index is 0.166. The molecule has 1 aliphatic rings. The molecular formula is C21H32N6O. The highest BCUT2D eigenvalue weighted by atomic mass is 16.3. The number of nitrogens with zero attached hydrogens (tertiary/aromatic N) is 5. The Labute approximate surface area is 167 Å². The van der Waals surface area contributed by atoms with E-state index in [1.165, 1.54) is 38.9 Å². The summed E-state index contributed by atoms with van der Waals surface area (Å²) in [7, 11) is 1.76. The molecule has 0 saturated carbocycles. The SMILES string of the molecule is CC.CCN1CCCCC1.CNc1nnc(-c2ccccc2O)n2ccnc12. The van der Waals surface area contributed by atoms with Crippen LogP contribution in [0.15, 0.2) is 36.7 Å². The van der Waals surface area contributed by atoms with Crippen molar-refractivity contribution in [3.8, 4) is 17.1 Å². The summed E-state index contributed by atoms with van der Waals surface area (Å²) < 4.78 is 1.79. The molecule has 0 atom stereocenters. The van der Waals surface area contributed by atoms with E-state index in [-0.39, 0.29) is 5.75 Å². The van der Waals surface area contributed by atoms with E-state index in [1.54, 1.807) is 42.0 Å². The summed E-state index contributed by atoms with van der Waals surface area (Å²) in [5.41, 5.74) is 1.29. The Morgan fingerprint density at radius 2 is 1.79 bits per heavy atom. The third kappa shape index (κ3) is 5.19. The largest absolute Gasteiger partial charge is 0.507 e. The number of nitrogens with one attached hydrogen (secondary N) is 1. The van der Waals surface area contributed by atoms with E-state index in [0.717, 1.165) is 0 Å². The fourth-order valence-electron chi connectivity index (χ4n) is 3.12. The maximum Gasteiger partial charge on any atom is 0.192 e. The van der Waals surface area contributed by atoms with Crippen molar-refractivity contribution in [1.82, 2.24) is 24.5 Å². The van der Waals surface area contributed by atoms with Crippen molar-refractivity contribution in [2.75, 3.05) is 32.0 Å². The fraction of sp³-hybridized carbons (Fsp3) is 0.476. The number of piperidine rings is 1. The number of aromatic nitrogens is 4. The summed E-state index contributed by atoms with van der Waals surface area (Å²) in [6.45, 7) is 10.2. The number of phenols is 1. The van der Waals surface area contributed by atoms with Crippen molar-refractivity contribution in [2.24, 2.45) is 0 Å². The second-order valence-corrected chi connectivity index (χ2v) is 6.26. The molecule has 7 nitrogen and oxygen atoms in total. The monoisotopic (exact) mass is 384 g/mol. The minimum absolute atomic E-state index is 0.166. The lowest BCUT2D eigenvalue weighted by Gasteiger charge is -2.24. The molecule has 1 saturated heterocycles. The Hall–Kier alpha value is -2.67. The van der Waals surface area contributed by atoms with Crippen molar-refractivity contribution in [3.05, 3.63) is 36.7 Å². The molecule has 2 aromatic heterocycles. The van der Waals surface area contributed by atoms with Gasteiger partial charge in [0.05, 0.1) is 5.56 Å². The number of fused-ring (bicyclic) bond motifs is 1. The first-order valence-corrected chi connectivity index (χ1v) is 10.1. The molecule has 0 radical (unpaired) electrons. The Morgan fingerprint density at radius 3 is 2.39 bits per heavy atom. The van der Waals surface area contributed by atoms with Crippen molar-refractivity contribution in [1.29, 1.82) is 0 Å². The predicted molar refractivity (Wildman–Crippen MR) is 115 cm³/mol. The zero-order valence-corrected chi connectivity index (χ0v) is 17.4. The van der Waals surface area contributed by atoms with Gasteiger partial charge in [0.1, 0.15) is 5.75 Å². The van der Waals surface area contributed by atoms with Crippen molar-refractivity contribution in [2.45, 2.75) is 40.0 Å². The first-order chi connectivity index (χ1) is 13.7. The van der Waals surface area contributed by atoms with Gasteiger partial charge >= 0.3 is 0 Å². The lowest BCUT2D eigenvalue weighted by atomic mass is 10.1. The average Bonchev–Trinajstić information content (AvgIpc) is 3.26. The second-order valence-electron chi connectivity index (χ2n) is 6.26. The van der Waals surface area contributed by atoms with Crippen LogP contribution in [0, 0.1) is 0 Å². The maximum absolute atomic E-state index is 9.87. The summed E-state index contributed by atoms with van der Waals surface area (Å²) in [4.78, 5) is 6.74. The average molecular weight is 385 g/mol. The first-order valence-electron chi connectivity index (χ1n) is 10.1. The third-order valence-electron chi connectivity index (χ3n) is 4.60. The molecule has 1 aromatic carbocycles. The standard InChI is InChI=1S/C12H11N5O.C7H15N.C2H6/c1-13-10-12-14-6-7-17(12)11(16-15-10)8-4-2-3-5-9(8)18;1-2-8-6-4-3-5-7-8;1-2/h2-7,18H,1H3,(H,13,15);2-7H2,1H3;1-2H3. The topological polar surface area (TPSA) is 78.6 Å². The van der Waals surface area contributed by atoms with Crippen LogP contribution in [-0.4, -0.2) is 56.3 Å². The van der Waals surface area contributed by atoms with Crippen LogP contribution in [0.3, 0.4) is 0 Å². The lowest BCUT2D eigenvalue weighted by Crippen LogP contribution is -2.29. The number of benzene rings is 1. The third-order valence-corrected chi connectivity index (χ3v) is 4.60. The van der Waals surface area contributed by atoms with Crippen LogP contribution >= 0.6 is 0 Å². The van der Waals surface area contributed by atoms with Gasteiger partial charge in [-0.15, -0.1) is 10.2 Å². The van der Waals surface area contributed by atoms with Gasteiger partial charge in [-0.05, 0) is 44.6 Å². The van der Waals surface area contributed by atoms with Crippen LogP contribution in [0.1, 0.15) is 40.0 Å². The van der Waals surface area contributed by atoms with Gasteiger partial charge < -0.3 is 15.3 Å². The van der Waals surface area contributed by atoms with Crippen molar-refractivity contribution in [3.63, 3.8) is 0 Å². The molecule has 0 amide bonds. The van der Waals surface area contributed by atoms with Gasteiger partial charge in [-0.3, -0.25) is 4.40 Å². The second kappa shape index (κ2) is 11.2. The number of likely N-dealkylation sites (tertiary alicyclic amines) is 1. The van der Waals surface area contributed by atoms with Crippen LogP contribution < -0.4 is 5.32 Å². The quantitative estimate of drug-likeness (QED) is 0.709. The van der Waals surface area contributed by atoms with Gasteiger partial charge in [0, 0.05) is 19.4 Å². The van der Waals surface area contributed by atoms with Gasteiger partial charge in [-0.25, -0.2) is 4.98 Å². The molecule has 28 heavy (non-hydrogen) atoms. The molecule has 1 aliphatic heterocycles. The van der Waals surface area contributed by atoms with Crippen molar-refractivity contribution < 1.29 is 5.11 Å². The minimum Gasteiger partial charge on any atom is -0.507 e. The molecule has 3 aromatic rings. The molecule has 1 fully saturated rings. The summed E-state index contributed by atoms with van der Waals surface area (Å²) in [6, 6.07) is 7.01. The zero-order chi connectivity index (χ0) is 20.4. The van der Waals surface area contributed by atoms with Gasteiger partial charge in [0.15, 0.2) is 17.3 Å². The van der Waals surface area contributed by atoms with Gasteiger partial charge in [-0.2, -0.15) is 0 Å². The van der Waals surface area contributed by atoms with E-state index in [0.29, 0.717) is 22.9 Å². The molecule has 0 unspecified atom stereocenters. The molecular weight excluding hydrogens is 352 g/mol. The number of imidazole rings is 1. The number of para-hydroxylation sites is 1. The fourth-order valence-corrected chi connectivity index (χ4v) is 3.12. The van der Waals surface area contributed by atoms with Crippen LogP contribution in [0.2, 0.25) is 0 Å². The van der Waals surface area contributed by atoms with Crippen LogP contribution in [-0.2, 0) is 0 Å². The van der Waals surface area contributed by atoms with Gasteiger partial charge in [0.2, 0.25) is 0 Å².